The molecule has 0 aliphatic heterocycles. The highest BCUT2D eigenvalue weighted by Gasteiger charge is 2.56. The highest BCUT2D eigenvalue weighted by Crippen LogP contribution is 2.55. The van der Waals surface area contributed by atoms with Gasteiger partial charge in [-0.1, -0.05) is 37.3 Å². The second-order valence-electron chi connectivity index (χ2n) is 8.28. The van der Waals surface area contributed by atoms with Crippen LogP contribution in [0.1, 0.15) is 50.4 Å². The van der Waals surface area contributed by atoms with Crippen molar-refractivity contribution in [1.82, 2.24) is 9.97 Å². The molecule has 5 heteroatoms. The smallest absolute Gasteiger partial charge is 0.225 e. The van der Waals surface area contributed by atoms with Gasteiger partial charge in [0.05, 0.1) is 11.8 Å². The lowest BCUT2D eigenvalue weighted by molar-refractivity contribution is -0.131. The van der Waals surface area contributed by atoms with Crippen LogP contribution in [0.25, 0.3) is 0 Å². The number of nitrogens with zero attached hydrogens (tertiary/aromatic N) is 4. The second kappa shape index (κ2) is 7.59. The highest BCUT2D eigenvalue weighted by molar-refractivity contribution is 5.87. The third-order valence-corrected chi connectivity index (χ3v) is 7.04. The van der Waals surface area contributed by atoms with E-state index in [9.17, 15) is 10.1 Å². The molecule has 0 N–H and O–H groups in total. The molecule has 2 aromatic rings. The second-order valence-corrected chi connectivity index (χ2v) is 8.28. The number of nitriles is 1. The Morgan fingerprint density at radius 1 is 1.24 bits per heavy atom. The van der Waals surface area contributed by atoms with Crippen LogP contribution in [0.4, 0.5) is 5.95 Å². The van der Waals surface area contributed by atoms with Gasteiger partial charge < -0.3 is 4.90 Å². The molecule has 2 aliphatic carbocycles. The van der Waals surface area contributed by atoms with Gasteiger partial charge in [0, 0.05) is 30.6 Å². The molecule has 1 fully saturated rings. The van der Waals surface area contributed by atoms with Crippen molar-refractivity contribution in [3.8, 4) is 6.07 Å². The minimum atomic E-state index is -0.598. The summed E-state index contributed by atoms with van der Waals surface area (Å²) < 4.78 is 0. The Bertz CT molecular complexity index is 947. The van der Waals surface area contributed by atoms with Gasteiger partial charge in [-0.2, -0.15) is 5.26 Å². The van der Waals surface area contributed by atoms with Gasteiger partial charge >= 0.3 is 0 Å². The fourth-order valence-corrected chi connectivity index (χ4v) is 5.53. The fraction of sp³-hybridized carbons (Fsp3) is 0.500. The molecule has 1 aromatic heterocycles. The molecule has 0 saturated heterocycles. The number of aromatic nitrogens is 2. The standard InChI is InChI=1S/C24H28N4O/c1-4-28(5-2)23-26-15-17-11-12-20-16(3)21(29)18(14-25)13-24(20,22(17)27-23)19-9-7-6-8-10-19/h6-10,15-16,18,20H,4-5,11-13H2,1-3H3/t16-,18?,20-,24+/m0/s1. The van der Waals surface area contributed by atoms with E-state index < -0.39 is 11.3 Å². The molecule has 4 rings (SSSR count). The van der Waals surface area contributed by atoms with Gasteiger partial charge in [0.1, 0.15) is 5.92 Å². The van der Waals surface area contributed by atoms with E-state index in [1.807, 2.05) is 31.3 Å². The largest absolute Gasteiger partial charge is 0.341 e. The lowest BCUT2D eigenvalue weighted by Crippen LogP contribution is -2.53. The predicted octanol–water partition coefficient (Wildman–Crippen LogP) is 3.92. The molecule has 4 atom stereocenters. The first kappa shape index (κ1) is 19.6. The maximum atomic E-state index is 12.9. The normalized spacial score (nSPS) is 28.2. The molecule has 1 saturated carbocycles. The van der Waals surface area contributed by atoms with E-state index in [1.165, 1.54) is 0 Å². The number of aryl methyl sites for hydroxylation is 1. The number of carbonyl (C=O) groups excluding carboxylic acids is 1. The van der Waals surface area contributed by atoms with Gasteiger partial charge in [-0.25, -0.2) is 9.97 Å². The van der Waals surface area contributed by atoms with Crippen molar-refractivity contribution in [2.24, 2.45) is 17.8 Å². The van der Waals surface area contributed by atoms with E-state index in [0.717, 1.165) is 48.7 Å². The monoisotopic (exact) mass is 388 g/mol. The minimum Gasteiger partial charge on any atom is -0.341 e. The lowest BCUT2D eigenvalue weighted by atomic mass is 9.51. The number of ketones is 1. The number of hydrogen-bond donors (Lipinski definition) is 0. The maximum absolute atomic E-state index is 12.9. The van der Waals surface area contributed by atoms with Crippen LogP contribution in [0, 0.1) is 29.1 Å². The molecule has 5 nitrogen and oxygen atoms in total. The Labute approximate surface area is 172 Å². The summed E-state index contributed by atoms with van der Waals surface area (Å²) in [4.78, 5) is 24.8. The number of carbonyl (C=O) groups is 1. The minimum absolute atomic E-state index is 0.0885. The van der Waals surface area contributed by atoms with Crippen LogP contribution < -0.4 is 4.90 Å². The summed E-state index contributed by atoms with van der Waals surface area (Å²) in [6.45, 7) is 7.90. The third kappa shape index (κ3) is 2.93. The Morgan fingerprint density at radius 3 is 2.62 bits per heavy atom. The summed E-state index contributed by atoms with van der Waals surface area (Å²) in [5, 5.41) is 9.79. The molecule has 150 valence electrons. The molecule has 1 unspecified atom stereocenters. The third-order valence-electron chi connectivity index (χ3n) is 7.04. The number of hydrogen-bond acceptors (Lipinski definition) is 5. The number of benzene rings is 1. The van der Waals surface area contributed by atoms with E-state index in [4.69, 9.17) is 4.98 Å². The Balaban J connectivity index is 1.98. The van der Waals surface area contributed by atoms with E-state index in [1.54, 1.807) is 0 Å². The van der Waals surface area contributed by atoms with Gasteiger partial charge in [0.2, 0.25) is 5.95 Å². The van der Waals surface area contributed by atoms with Crippen LogP contribution in [0.5, 0.6) is 0 Å². The van der Waals surface area contributed by atoms with Crippen LogP contribution in [0.3, 0.4) is 0 Å². The summed E-state index contributed by atoms with van der Waals surface area (Å²) in [5.41, 5.74) is 2.92. The molecule has 0 amide bonds. The molecular weight excluding hydrogens is 360 g/mol. The van der Waals surface area contributed by atoms with Crippen molar-refractivity contribution in [2.75, 3.05) is 18.0 Å². The average Bonchev–Trinajstić information content (AvgIpc) is 2.77. The molecule has 29 heavy (non-hydrogen) atoms. The van der Waals surface area contributed by atoms with Crippen LogP contribution in [-0.4, -0.2) is 28.8 Å². The topological polar surface area (TPSA) is 69.9 Å². The summed E-state index contributed by atoms with van der Waals surface area (Å²) in [5.74, 6) is 0.218. The van der Waals surface area contributed by atoms with E-state index in [2.05, 4.69) is 41.9 Å². The highest BCUT2D eigenvalue weighted by atomic mass is 16.1. The first-order valence-electron chi connectivity index (χ1n) is 10.7. The van der Waals surface area contributed by atoms with Gasteiger partial charge in [0.15, 0.2) is 5.78 Å². The Morgan fingerprint density at radius 2 is 1.97 bits per heavy atom. The summed E-state index contributed by atoms with van der Waals surface area (Å²) in [6.07, 6.45) is 4.27. The number of Topliss-reactive ketones (excluding diaryl/α,β-unsaturated/α-hetero) is 1. The lowest BCUT2D eigenvalue weighted by Gasteiger charge is -2.51. The van der Waals surface area contributed by atoms with Crippen molar-refractivity contribution in [2.45, 2.75) is 45.4 Å². The van der Waals surface area contributed by atoms with Crippen LogP contribution in [0.2, 0.25) is 0 Å². The molecule has 0 radical (unpaired) electrons. The molecule has 2 aliphatic rings. The van der Waals surface area contributed by atoms with E-state index in [0.29, 0.717) is 6.42 Å². The predicted molar refractivity (Wildman–Crippen MR) is 113 cm³/mol. The first-order chi connectivity index (χ1) is 14.1. The molecular formula is C24H28N4O. The van der Waals surface area contributed by atoms with E-state index >= 15 is 0 Å². The number of anilines is 1. The van der Waals surface area contributed by atoms with Crippen LogP contribution >= 0.6 is 0 Å². The Hall–Kier alpha value is -2.74. The van der Waals surface area contributed by atoms with Gasteiger partial charge in [-0.05, 0) is 50.2 Å². The summed E-state index contributed by atoms with van der Waals surface area (Å²) in [6, 6.07) is 12.7. The van der Waals surface area contributed by atoms with Crippen molar-refractivity contribution in [3.05, 3.63) is 53.3 Å². The SMILES string of the molecule is CCN(CC)c1ncc2c(n1)[C@@]1(c3ccccc3)CC(C#N)C(=O)[C@@H](C)[C@@H]1CC2. The van der Waals surface area contributed by atoms with Gasteiger partial charge in [-0.15, -0.1) is 0 Å². The Kier molecular flexibility index (Phi) is 5.12. The summed E-state index contributed by atoms with van der Waals surface area (Å²) in [7, 11) is 0. The fourth-order valence-electron chi connectivity index (χ4n) is 5.53. The van der Waals surface area contributed by atoms with Crippen LogP contribution in [0.15, 0.2) is 36.5 Å². The quantitative estimate of drug-likeness (QED) is 0.794. The van der Waals surface area contributed by atoms with E-state index in [-0.39, 0.29) is 17.6 Å². The summed E-state index contributed by atoms with van der Waals surface area (Å²) >= 11 is 0. The van der Waals surface area contributed by atoms with Gasteiger partial charge in [-0.3, -0.25) is 4.79 Å². The zero-order valence-electron chi connectivity index (χ0n) is 17.4. The maximum Gasteiger partial charge on any atom is 0.225 e. The van der Waals surface area contributed by atoms with Crippen molar-refractivity contribution in [1.29, 1.82) is 5.26 Å². The number of rotatable bonds is 4. The molecule has 0 spiro atoms. The van der Waals surface area contributed by atoms with Gasteiger partial charge in [0.25, 0.3) is 0 Å². The van der Waals surface area contributed by atoms with Crippen molar-refractivity contribution in [3.63, 3.8) is 0 Å². The number of fused-ring (bicyclic) bond motifs is 3. The molecule has 1 heterocycles. The molecule has 1 aromatic carbocycles. The zero-order valence-corrected chi connectivity index (χ0v) is 17.4. The van der Waals surface area contributed by atoms with Crippen molar-refractivity contribution < 1.29 is 4.79 Å². The first-order valence-corrected chi connectivity index (χ1v) is 10.7. The average molecular weight is 389 g/mol. The van der Waals surface area contributed by atoms with Crippen LogP contribution in [-0.2, 0) is 16.6 Å². The van der Waals surface area contributed by atoms with Crippen molar-refractivity contribution >= 4 is 11.7 Å². The zero-order chi connectivity index (χ0) is 20.6. The molecule has 0 bridgehead atoms.